The zero-order chi connectivity index (χ0) is 27.8. The Labute approximate surface area is 230 Å². The number of piperidine rings is 3. The van der Waals surface area contributed by atoms with Gasteiger partial charge in [-0.3, -0.25) is 0 Å². The van der Waals surface area contributed by atoms with Gasteiger partial charge in [0, 0.05) is 0 Å². The van der Waals surface area contributed by atoms with Gasteiger partial charge in [-0.2, -0.15) is 0 Å². The Morgan fingerprint density at radius 1 is 0.462 bits per heavy atom. The second-order valence-corrected chi connectivity index (χ2v) is 12.2. The first-order valence-electron chi connectivity index (χ1n) is 15.3. The van der Waals surface area contributed by atoms with E-state index in [0.29, 0.717) is 19.6 Å². The molecule has 3 fully saturated rings. The van der Waals surface area contributed by atoms with Gasteiger partial charge in [0.25, 0.3) is 0 Å². The van der Waals surface area contributed by atoms with Crippen LogP contribution in [0.2, 0.25) is 0 Å². The van der Waals surface area contributed by atoms with E-state index in [-0.39, 0.29) is 19.6 Å². The van der Waals surface area contributed by atoms with Gasteiger partial charge in [0.15, 0.2) is 0 Å². The number of aromatic nitrogens is 3. The average Bonchev–Trinajstić information content (AvgIpc) is 2.93. The van der Waals surface area contributed by atoms with E-state index < -0.39 is 35.4 Å². The number of hydrogen-bond donors (Lipinski definition) is 6. The minimum Gasteiger partial charge on any atom is -0.385 e. The summed E-state index contributed by atoms with van der Waals surface area (Å²) in [5, 5.41) is 32.5. The smallest absolute Gasteiger partial charge is 0.336 e. The minimum atomic E-state index is -0.923. The highest BCUT2D eigenvalue weighted by Gasteiger charge is 2.26. The molecule has 39 heavy (non-hydrogen) atoms. The van der Waals surface area contributed by atoms with Crippen molar-refractivity contribution in [3.05, 3.63) is 31.5 Å². The van der Waals surface area contributed by atoms with Gasteiger partial charge >= 0.3 is 17.1 Å². The Morgan fingerprint density at radius 3 is 0.923 bits per heavy atom. The third-order valence-electron chi connectivity index (χ3n) is 8.82. The maximum absolute atomic E-state index is 13.4. The summed E-state index contributed by atoms with van der Waals surface area (Å²) in [6.07, 6.45) is 7.31. The van der Waals surface area contributed by atoms with E-state index >= 15 is 0 Å². The maximum Gasteiger partial charge on any atom is 0.336 e. The Hall–Kier alpha value is -1.83. The molecule has 4 heterocycles. The lowest BCUT2D eigenvalue weighted by molar-refractivity contribution is -0.908. The SMILES string of the molecule is O=c1n(C[C@@H](O)C[NH+]2CCCCC2)c(=O)n(C[C@@H](O)C[NH+]2CCCCC2)c(=O)n1C[C@@H](O)C[NH+]1CCCCC1. The van der Waals surface area contributed by atoms with Crippen molar-refractivity contribution in [2.45, 2.75) is 95.7 Å². The van der Waals surface area contributed by atoms with Crippen molar-refractivity contribution in [2.24, 2.45) is 0 Å². The van der Waals surface area contributed by atoms with Gasteiger partial charge in [0.2, 0.25) is 0 Å². The zero-order valence-corrected chi connectivity index (χ0v) is 23.5. The summed E-state index contributed by atoms with van der Waals surface area (Å²) >= 11 is 0. The first kappa shape index (κ1) is 30.1. The molecule has 4 rings (SSSR count). The largest absolute Gasteiger partial charge is 0.385 e. The van der Waals surface area contributed by atoms with Gasteiger partial charge in [0.1, 0.15) is 37.9 Å². The minimum absolute atomic E-state index is 0.220. The van der Waals surface area contributed by atoms with Crippen LogP contribution in [-0.4, -0.2) is 106 Å². The number of quaternary nitrogens is 3. The van der Waals surface area contributed by atoms with Crippen molar-refractivity contribution >= 4 is 0 Å². The van der Waals surface area contributed by atoms with Crippen LogP contribution < -0.4 is 31.8 Å². The molecule has 3 saturated heterocycles. The van der Waals surface area contributed by atoms with Gasteiger partial charge in [-0.25, -0.2) is 28.1 Å². The third kappa shape index (κ3) is 8.58. The number of likely N-dealkylation sites (tertiary alicyclic amines) is 3. The van der Waals surface area contributed by atoms with Crippen molar-refractivity contribution in [3.63, 3.8) is 0 Å². The molecule has 0 aromatic carbocycles. The third-order valence-corrected chi connectivity index (χ3v) is 8.82. The second-order valence-electron chi connectivity index (χ2n) is 12.2. The number of rotatable bonds is 12. The van der Waals surface area contributed by atoms with Crippen LogP contribution in [0.3, 0.4) is 0 Å². The quantitative estimate of drug-likeness (QED) is 0.152. The summed E-state index contributed by atoms with van der Waals surface area (Å²) in [4.78, 5) is 44.0. The lowest BCUT2D eigenvalue weighted by atomic mass is 10.1. The monoisotopic (exact) mass is 555 g/mol. The van der Waals surface area contributed by atoms with Crippen molar-refractivity contribution in [1.82, 2.24) is 13.7 Å². The summed E-state index contributed by atoms with van der Waals surface area (Å²) in [6.45, 7) is 6.31. The van der Waals surface area contributed by atoms with Crippen LogP contribution in [-0.2, 0) is 19.6 Å². The van der Waals surface area contributed by atoms with Crippen molar-refractivity contribution in [2.75, 3.05) is 58.9 Å². The van der Waals surface area contributed by atoms with E-state index in [2.05, 4.69) is 0 Å². The van der Waals surface area contributed by atoms with Gasteiger partial charge in [-0.05, 0) is 57.8 Å². The van der Waals surface area contributed by atoms with Crippen LogP contribution in [0.25, 0.3) is 0 Å². The summed E-state index contributed by atoms with van der Waals surface area (Å²) in [6, 6.07) is 0. The Morgan fingerprint density at radius 2 is 0.692 bits per heavy atom. The Balaban J connectivity index is 1.56. The molecule has 1 aromatic heterocycles. The van der Waals surface area contributed by atoms with Crippen LogP contribution >= 0.6 is 0 Å². The van der Waals surface area contributed by atoms with E-state index in [1.165, 1.54) is 34.0 Å². The molecule has 1 aromatic rings. The summed E-state index contributed by atoms with van der Waals surface area (Å²) in [5.74, 6) is 0. The Kier molecular flexibility index (Phi) is 11.4. The molecular weight excluding hydrogens is 504 g/mol. The van der Waals surface area contributed by atoms with Crippen LogP contribution in [0.4, 0.5) is 0 Å². The van der Waals surface area contributed by atoms with Gasteiger partial charge in [-0.1, -0.05) is 0 Å². The van der Waals surface area contributed by atoms with E-state index in [4.69, 9.17) is 0 Å². The van der Waals surface area contributed by atoms with Gasteiger partial charge in [0.05, 0.1) is 58.9 Å². The van der Waals surface area contributed by atoms with Crippen LogP contribution in [0, 0.1) is 0 Å². The molecule has 0 radical (unpaired) electrons. The molecule has 6 N–H and O–H groups in total. The molecule has 3 aliphatic rings. The lowest BCUT2D eigenvalue weighted by Gasteiger charge is -2.27. The van der Waals surface area contributed by atoms with E-state index in [0.717, 1.165) is 91.5 Å². The molecule has 0 spiro atoms. The normalized spacial score (nSPS) is 22.5. The van der Waals surface area contributed by atoms with Crippen LogP contribution in [0.15, 0.2) is 14.4 Å². The van der Waals surface area contributed by atoms with Crippen molar-refractivity contribution < 1.29 is 30.0 Å². The lowest BCUT2D eigenvalue weighted by Crippen LogP contribution is -3.14. The predicted molar refractivity (Wildman–Crippen MR) is 145 cm³/mol. The summed E-state index contributed by atoms with van der Waals surface area (Å²) in [5.41, 5.74) is -2.42. The Bertz CT molecular complexity index is 904. The summed E-state index contributed by atoms with van der Waals surface area (Å²) in [7, 11) is 0. The highest BCUT2D eigenvalue weighted by Crippen LogP contribution is 1.97. The van der Waals surface area contributed by atoms with Crippen molar-refractivity contribution in [3.8, 4) is 0 Å². The first-order valence-corrected chi connectivity index (χ1v) is 15.3. The molecule has 0 amide bonds. The number of aliphatic hydroxyl groups is 3. The molecule has 0 unspecified atom stereocenters. The molecule has 222 valence electrons. The van der Waals surface area contributed by atoms with Crippen LogP contribution in [0.1, 0.15) is 57.8 Å². The van der Waals surface area contributed by atoms with Gasteiger partial charge < -0.3 is 30.0 Å². The van der Waals surface area contributed by atoms with E-state index in [1.54, 1.807) is 0 Å². The van der Waals surface area contributed by atoms with E-state index in [9.17, 15) is 29.7 Å². The highest BCUT2D eigenvalue weighted by molar-refractivity contribution is 4.82. The average molecular weight is 556 g/mol. The molecular formula is C27H51N6O6+3. The standard InChI is InChI=1S/C27H48N6O6/c34-22(16-28-10-4-1-5-11-28)19-31-25(37)32(20-23(35)17-29-12-6-2-7-13-29)27(39)33(26(31)38)21-24(36)18-30-14-8-3-9-15-30/h22-24,34-36H,1-21H2/p+3/t22-,23-,24-/m0/s1. The van der Waals surface area contributed by atoms with Gasteiger partial charge in [-0.15, -0.1) is 0 Å². The molecule has 0 aliphatic carbocycles. The summed E-state index contributed by atoms with van der Waals surface area (Å²) < 4.78 is 2.78. The first-order chi connectivity index (χ1) is 18.8. The molecule has 3 aliphatic heterocycles. The topological polar surface area (TPSA) is 140 Å². The predicted octanol–water partition coefficient (Wildman–Crippen LogP) is -5.54. The molecule has 0 saturated carbocycles. The second kappa shape index (κ2) is 14.7. The maximum atomic E-state index is 13.4. The number of nitrogens with one attached hydrogen (secondary N) is 3. The fourth-order valence-corrected chi connectivity index (χ4v) is 6.74. The number of nitrogens with zero attached hydrogens (tertiary/aromatic N) is 3. The van der Waals surface area contributed by atoms with Crippen molar-refractivity contribution in [1.29, 1.82) is 0 Å². The molecule has 12 nitrogen and oxygen atoms in total. The highest BCUT2D eigenvalue weighted by atomic mass is 16.3. The molecule has 0 bridgehead atoms. The number of aliphatic hydroxyl groups excluding tert-OH is 3. The number of hydrogen-bond acceptors (Lipinski definition) is 6. The van der Waals surface area contributed by atoms with Crippen LogP contribution in [0.5, 0.6) is 0 Å². The molecule has 12 heteroatoms. The zero-order valence-electron chi connectivity index (χ0n) is 23.5. The molecule has 3 atom stereocenters. The van der Waals surface area contributed by atoms with E-state index in [1.807, 2.05) is 0 Å². The fraction of sp³-hybridized carbons (Fsp3) is 0.889. The fourth-order valence-electron chi connectivity index (χ4n) is 6.74.